The molecule has 7 heteroatoms. The second kappa shape index (κ2) is 11.4. The van der Waals surface area contributed by atoms with E-state index in [4.69, 9.17) is 9.47 Å². The van der Waals surface area contributed by atoms with Gasteiger partial charge in [0.25, 0.3) is 5.91 Å². The van der Waals surface area contributed by atoms with Gasteiger partial charge in [0.05, 0.1) is 12.6 Å². The molecule has 1 aliphatic rings. The number of carbonyl (C=O) groups excluding carboxylic acids is 2. The summed E-state index contributed by atoms with van der Waals surface area (Å²) in [6, 6.07) is 20.2. The lowest BCUT2D eigenvalue weighted by Crippen LogP contribution is -2.49. The average molecular weight is 500 g/mol. The molecule has 0 fully saturated rings. The van der Waals surface area contributed by atoms with Gasteiger partial charge in [-0.15, -0.1) is 0 Å². The van der Waals surface area contributed by atoms with E-state index in [0.717, 1.165) is 16.7 Å². The van der Waals surface area contributed by atoms with Gasteiger partial charge in [0.1, 0.15) is 11.4 Å². The molecule has 1 aromatic heterocycles. The van der Waals surface area contributed by atoms with Gasteiger partial charge < -0.3 is 14.8 Å². The monoisotopic (exact) mass is 499 g/mol. The minimum absolute atomic E-state index is 0.188. The number of ether oxygens (including phenoxy) is 2. The highest BCUT2D eigenvalue weighted by molar-refractivity contribution is 5.98. The van der Waals surface area contributed by atoms with Crippen LogP contribution in [0.2, 0.25) is 0 Å². The van der Waals surface area contributed by atoms with Crippen LogP contribution in [0.4, 0.5) is 10.6 Å². The van der Waals surface area contributed by atoms with E-state index in [1.807, 2.05) is 66.7 Å². The van der Waals surface area contributed by atoms with E-state index >= 15 is 0 Å². The van der Waals surface area contributed by atoms with Crippen LogP contribution < -0.4 is 10.2 Å². The largest absolute Gasteiger partial charge is 0.444 e. The molecule has 2 atom stereocenters. The highest BCUT2D eigenvalue weighted by Crippen LogP contribution is 2.30. The Morgan fingerprint density at radius 1 is 1.11 bits per heavy atom. The highest BCUT2D eigenvalue weighted by Gasteiger charge is 2.39. The number of alkyl carbamates (subject to hydrolysis) is 1. The second-order valence-electron chi connectivity index (χ2n) is 9.94. The van der Waals surface area contributed by atoms with E-state index in [9.17, 15) is 9.59 Å². The van der Waals surface area contributed by atoms with Crippen LogP contribution in [0.15, 0.2) is 79.5 Å². The van der Waals surface area contributed by atoms with Crippen LogP contribution in [-0.4, -0.2) is 35.2 Å². The van der Waals surface area contributed by atoms with Crippen LogP contribution in [0.3, 0.4) is 0 Å². The van der Waals surface area contributed by atoms with Crippen molar-refractivity contribution in [2.45, 2.75) is 51.5 Å². The molecule has 0 aliphatic carbocycles. The Balaban J connectivity index is 1.72. The second-order valence-corrected chi connectivity index (χ2v) is 9.94. The maximum atomic E-state index is 14.1. The quantitative estimate of drug-likeness (QED) is 0.445. The summed E-state index contributed by atoms with van der Waals surface area (Å²) in [6.45, 7) is 9.91. The van der Waals surface area contributed by atoms with Crippen molar-refractivity contribution in [3.63, 3.8) is 0 Å². The van der Waals surface area contributed by atoms with E-state index in [1.165, 1.54) is 0 Å². The topological polar surface area (TPSA) is 80.8 Å². The number of fused-ring (bicyclic) bond motifs is 1. The first-order valence-electron chi connectivity index (χ1n) is 12.4. The summed E-state index contributed by atoms with van der Waals surface area (Å²) in [7, 11) is 0. The van der Waals surface area contributed by atoms with Gasteiger partial charge in [0.2, 0.25) is 0 Å². The Labute approximate surface area is 218 Å². The Morgan fingerprint density at radius 2 is 1.89 bits per heavy atom. The molecule has 7 nitrogen and oxygen atoms in total. The summed E-state index contributed by atoms with van der Waals surface area (Å²) in [5.41, 5.74) is 2.77. The molecule has 4 rings (SSSR count). The molecule has 3 aromatic rings. The normalized spacial score (nSPS) is 14.4. The Kier molecular flexibility index (Phi) is 8.04. The molecule has 1 N–H and O–H groups in total. The molecular weight excluding hydrogens is 466 g/mol. The summed E-state index contributed by atoms with van der Waals surface area (Å²) in [4.78, 5) is 33.2. The molecule has 0 radical (unpaired) electrons. The molecule has 0 unspecified atom stereocenters. The van der Waals surface area contributed by atoms with Crippen LogP contribution in [0.25, 0.3) is 6.08 Å². The Morgan fingerprint density at radius 3 is 2.62 bits per heavy atom. The minimum atomic E-state index is -1.04. The van der Waals surface area contributed by atoms with Crippen molar-refractivity contribution < 1.29 is 19.1 Å². The summed E-state index contributed by atoms with van der Waals surface area (Å²) in [5, 5.41) is 2.92. The third-order valence-electron chi connectivity index (χ3n) is 5.99. The predicted octanol–water partition coefficient (Wildman–Crippen LogP) is 5.47. The van der Waals surface area contributed by atoms with Crippen molar-refractivity contribution in [1.82, 2.24) is 10.3 Å². The van der Waals surface area contributed by atoms with Gasteiger partial charge in [-0.25, -0.2) is 9.78 Å². The van der Waals surface area contributed by atoms with Crippen LogP contribution in [0.5, 0.6) is 0 Å². The number of rotatable bonds is 8. The highest BCUT2D eigenvalue weighted by atomic mass is 16.6. The average Bonchev–Trinajstić information content (AvgIpc) is 3.32. The zero-order chi connectivity index (χ0) is 26.4. The van der Waals surface area contributed by atoms with Crippen molar-refractivity contribution >= 4 is 23.9 Å². The fourth-order valence-electron chi connectivity index (χ4n) is 4.29. The molecule has 0 saturated carbocycles. The molecule has 2 aromatic carbocycles. The zero-order valence-corrected chi connectivity index (χ0v) is 21.5. The summed E-state index contributed by atoms with van der Waals surface area (Å²) >= 11 is 0. The smallest absolute Gasteiger partial charge is 0.408 e. The zero-order valence-electron chi connectivity index (χ0n) is 21.5. The maximum Gasteiger partial charge on any atom is 0.408 e. The molecule has 192 valence electrons. The number of aromatic nitrogens is 1. The van der Waals surface area contributed by atoms with Gasteiger partial charge >= 0.3 is 6.09 Å². The van der Waals surface area contributed by atoms with Gasteiger partial charge in [-0.1, -0.05) is 67.3 Å². The molecule has 2 amide bonds. The number of hydrogen-bond donors (Lipinski definition) is 1. The molecule has 2 heterocycles. The van der Waals surface area contributed by atoms with Crippen molar-refractivity contribution in [2.75, 3.05) is 11.4 Å². The Bertz CT molecular complexity index is 1250. The molecule has 0 saturated heterocycles. The first-order chi connectivity index (χ1) is 17.7. The van der Waals surface area contributed by atoms with Crippen LogP contribution in [0, 0.1) is 0 Å². The number of carbonyl (C=O) groups is 2. The number of amides is 2. The first-order valence-corrected chi connectivity index (χ1v) is 12.4. The van der Waals surface area contributed by atoms with Crippen LogP contribution in [-0.2, 0) is 27.3 Å². The third-order valence-corrected chi connectivity index (χ3v) is 5.99. The number of nitrogens with zero attached hydrogens (tertiary/aromatic N) is 2. The van der Waals surface area contributed by atoms with Crippen LogP contribution >= 0.6 is 0 Å². The van der Waals surface area contributed by atoms with Crippen molar-refractivity contribution in [3.8, 4) is 0 Å². The van der Waals surface area contributed by atoms with Gasteiger partial charge in [0, 0.05) is 12.7 Å². The van der Waals surface area contributed by atoms with Crippen molar-refractivity contribution in [3.05, 3.63) is 102 Å². The van der Waals surface area contributed by atoms with Crippen molar-refractivity contribution in [1.29, 1.82) is 0 Å². The van der Waals surface area contributed by atoms with Gasteiger partial charge in [-0.3, -0.25) is 9.69 Å². The summed E-state index contributed by atoms with van der Waals surface area (Å²) in [5.74, 6) is 0.343. The number of pyridine rings is 1. The van der Waals surface area contributed by atoms with Gasteiger partial charge in [-0.05, 0) is 61.6 Å². The third kappa shape index (κ3) is 6.62. The SMILES string of the molecule is C=Cc1cccc([C@H](NC(=O)OC(C)(C)C)[C@@H](OCc2ccccc2)C(=O)N2CCc3cccnc32)c1. The first kappa shape index (κ1) is 26.1. The number of hydrogen-bond acceptors (Lipinski definition) is 5. The number of nitrogens with one attached hydrogen (secondary N) is 1. The van der Waals surface area contributed by atoms with E-state index < -0.39 is 23.8 Å². The Hall–Kier alpha value is -3.97. The fourth-order valence-corrected chi connectivity index (χ4v) is 4.29. The predicted molar refractivity (Wildman–Crippen MR) is 144 cm³/mol. The van der Waals surface area contributed by atoms with Gasteiger partial charge in [0.15, 0.2) is 6.10 Å². The molecule has 37 heavy (non-hydrogen) atoms. The summed E-state index contributed by atoms with van der Waals surface area (Å²) in [6.07, 6.45) is 2.42. The van der Waals surface area contributed by atoms with Gasteiger partial charge in [-0.2, -0.15) is 0 Å². The summed E-state index contributed by atoms with van der Waals surface area (Å²) < 4.78 is 11.9. The minimum Gasteiger partial charge on any atom is -0.444 e. The number of benzene rings is 2. The number of anilines is 1. The molecule has 0 spiro atoms. The molecule has 1 aliphatic heterocycles. The van der Waals surface area contributed by atoms with E-state index in [-0.39, 0.29) is 12.5 Å². The molecular formula is C30H33N3O4. The van der Waals surface area contributed by atoms with E-state index in [2.05, 4.69) is 16.9 Å². The van der Waals surface area contributed by atoms with Crippen LogP contribution in [0.1, 0.15) is 49.1 Å². The van der Waals surface area contributed by atoms with E-state index in [1.54, 1.807) is 37.9 Å². The van der Waals surface area contributed by atoms with E-state index in [0.29, 0.717) is 24.3 Å². The van der Waals surface area contributed by atoms with Crippen molar-refractivity contribution in [2.24, 2.45) is 0 Å². The fraction of sp³-hybridized carbons (Fsp3) is 0.300. The molecule has 0 bridgehead atoms. The lowest BCUT2D eigenvalue weighted by atomic mass is 9.98. The maximum absolute atomic E-state index is 14.1. The standard InChI is InChI=1S/C30H33N3O4/c1-5-21-13-9-14-24(19-21)25(32-29(35)37-30(2,3)4)26(36-20-22-11-7-6-8-12-22)28(34)33-18-16-23-15-10-17-31-27(23)33/h5-15,17,19,25-26H,1,16,18,20H2,2-4H3,(H,32,35)/t25-,26+/m0/s1. The lowest BCUT2D eigenvalue weighted by Gasteiger charge is -2.31. The lowest BCUT2D eigenvalue weighted by molar-refractivity contribution is -0.133.